The van der Waals surface area contributed by atoms with Gasteiger partial charge in [0.2, 0.25) is 0 Å². The average Bonchev–Trinajstić information content (AvgIpc) is 2.77. The maximum absolute atomic E-state index is 13.1. The van der Waals surface area contributed by atoms with Gasteiger partial charge in [-0.1, -0.05) is 37.6 Å². The van der Waals surface area contributed by atoms with Crippen LogP contribution in [0.2, 0.25) is 0 Å². The number of carbonyl (C=O) groups is 3. The van der Waals surface area contributed by atoms with E-state index in [4.69, 9.17) is 9.47 Å². The number of hydrogen-bond acceptors (Lipinski definition) is 6. The van der Waals surface area contributed by atoms with Crippen LogP contribution in [-0.4, -0.2) is 42.9 Å². The van der Waals surface area contributed by atoms with Crippen molar-refractivity contribution < 1.29 is 29.0 Å². The molecular formula is C24H24NO6-. The maximum Gasteiger partial charge on any atom is 0.261 e. The summed E-state index contributed by atoms with van der Waals surface area (Å²) in [4.78, 5) is 37.6. The predicted octanol–water partition coefficient (Wildman–Crippen LogP) is 2.54. The van der Waals surface area contributed by atoms with Gasteiger partial charge in [-0.3, -0.25) is 14.5 Å². The topological polar surface area (TPSA) is 96.0 Å². The fourth-order valence-electron chi connectivity index (χ4n) is 3.33. The van der Waals surface area contributed by atoms with E-state index in [1.54, 1.807) is 55.7 Å². The van der Waals surface area contributed by atoms with Crippen LogP contribution in [0.3, 0.4) is 0 Å². The number of carboxylic acids is 1. The van der Waals surface area contributed by atoms with E-state index in [2.05, 4.69) is 6.92 Å². The van der Waals surface area contributed by atoms with Gasteiger partial charge >= 0.3 is 0 Å². The second-order valence-corrected chi connectivity index (χ2v) is 7.10. The molecule has 0 spiro atoms. The van der Waals surface area contributed by atoms with Crippen LogP contribution in [0, 0.1) is 0 Å². The van der Waals surface area contributed by atoms with Crippen molar-refractivity contribution in [2.75, 3.05) is 20.3 Å². The second kappa shape index (κ2) is 9.93. The number of aliphatic carboxylic acids is 1. The molecule has 0 fully saturated rings. The lowest BCUT2D eigenvalue weighted by Gasteiger charge is -2.28. The molecule has 0 N–H and O–H groups in total. The van der Waals surface area contributed by atoms with Crippen LogP contribution in [0.25, 0.3) is 11.6 Å². The molecule has 0 aliphatic carbocycles. The van der Waals surface area contributed by atoms with Crippen LogP contribution in [0.5, 0.6) is 11.5 Å². The Kier molecular flexibility index (Phi) is 7.07. The highest BCUT2D eigenvalue weighted by molar-refractivity contribution is 6.33. The van der Waals surface area contributed by atoms with Crippen molar-refractivity contribution >= 4 is 29.4 Å². The summed E-state index contributed by atoms with van der Waals surface area (Å²) in [5.41, 5.74) is 1.84. The van der Waals surface area contributed by atoms with Crippen LogP contribution >= 0.6 is 0 Å². The Morgan fingerprint density at radius 3 is 2.48 bits per heavy atom. The molecule has 1 aliphatic rings. The monoisotopic (exact) mass is 422 g/mol. The summed E-state index contributed by atoms with van der Waals surface area (Å²) in [5.74, 6) is -1.25. The smallest absolute Gasteiger partial charge is 0.261 e. The zero-order valence-electron chi connectivity index (χ0n) is 17.6. The van der Waals surface area contributed by atoms with Crippen LogP contribution in [0.1, 0.15) is 47.7 Å². The fraction of sp³-hybridized carbons (Fsp3) is 0.292. The Labute approximate surface area is 180 Å². The molecule has 0 atom stereocenters. The Balaban J connectivity index is 1.99. The SMILES string of the molecule is CCCCOc1ccc(/C=C2\C(=O)N(CCC(=O)[O-])C(=O)c3ccccc32)cc1OC. The first-order chi connectivity index (χ1) is 15.0. The number of carbonyl (C=O) groups excluding carboxylic acids is 3. The van der Waals surface area contributed by atoms with Crippen molar-refractivity contribution in [1.29, 1.82) is 0 Å². The summed E-state index contributed by atoms with van der Waals surface area (Å²) < 4.78 is 11.2. The third-order valence-corrected chi connectivity index (χ3v) is 4.96. The van der Waals surface area contributed by atoms with E-state index >= 15 is 0 Å². The van der Waals surface area contributed by atoms with Gasteiger partial charge in [-0.15, -0.1) is 0 Å². The minimum absolute atomic E-state index is 0.251. The standard InChI is InChI=1S/C24H25NO6/c1-3-4-13-31-20-10-9-16(15-21(20)30-2)14-19-17-7-5-6-8-18(17)23(28)25(24(19)29)12-11-22(26)27/h5-10,14-15H,3-4,11-13H2,1-2H3,(H,26,27)/p-1/b19-14-. The minimum Gasteiger partial charge on any atom is -0.550 e. The lowest BCUT2D eigenvalue weighted by Crippen LogP contribution is -2.43. The van der Waals surface area contributed by atoms with E-state index in [-0.39, 0.29) is 6.54 Å². The van der Waals surface area contributed by atoms with E-state index in [9.17, 15) is 19.5 Å². The van der Waals surface area contributed by atoms with Crippen molar-refractivity contribution in [3.05, 3.63) is 59.2 Å². The molecule has 0 aromatic heterocycles. The molecule has 0 unspecified atom stereocenters. The number of nitrogens with zero attached hydrogens (tertiary/aromatic N) is 1. The average molecular weight is 422 g/mol. The molecular weight excluding hydrogens is 398 g/mol. The zero-order chi connectivity index (χ0) is 22.4. The largest absolute Gasteiger partial charge is 0.550 e. The van der Waals surface area contributed by atoms with E-state index in [0.717, 1.165) is 17.7 Å². The van der Waals surface area contributed by atoms with Crippen molar-refractivity contribution in [3.63, 3.8) is 0 Å². The maximum atomic E-state index is 13.1. The number of methoxy groups -OCH3 is 1. The lowest BCUT2D eigenvalue weighted by molar-refractivity contribution is -0.305. The number of amides is 2. The van der Waals surface area contributed by atoms with Crippen molar-refractivity contribution in [1.82, 2.24) is 4.90 Å². The Morgan fingerprint density at radius 2 is 1.81 bits per heavy atom. The highest BCUT2D eigenvalue weighted by atomic mass is 16.5. The summed E-state index contributed by atoms with van der Waals surface area (Å²) in [6.07, 6.45) is 3.18. The molecule has 2 aromatic carbocycles. The third kappa shape index (κ3) is 4.94. The van der Waals surface area contributed by atoms with Crippen LogP contribution in [-0.2, 0) is 9.59 Å². The minimum atomic E-state index is -1.33. The number of rotatable bonds is 9. The van der Waals surface area contributed by atoms with Crippen molar-refractivity contribution in [2.45, 2.75) is 26.2 Å². The number of hydrogen-bond donors (Lipinski definition) is 0. The number of unbranched alkanes of at least 4 members (excludes halogenated alkanes) is 1. The number of fused-ring (bicyclic) bond motifs is 1. The quantitative estimate of drug-likeness (QED) is 0.350. The third-order valence-electron chi connectivity index (χ3n) is 4.96. The number of imide groups is 1. The molecule has 0 saturated carbocycles. The summed E-state index contributed by atoms with van der Waals surface area (Å²) in [5, 5.41) is 10.9. The normalized spacial score (nSPS) is 14.5. The number of carboxylic acid groups (broad SMARTS) is 1. The molecule has 2 amide bonds. The van der Waals surface area contributed by atoms with Gasteiger partial charge in [0.15, 0.2) is 11.5 Å². The predicted molar refractivity (Wildman–Crippen MR) is 113 cm³/mol. The first-order valence-corrected chi connectivity index (χ1v) is 10.1. The van der Waals surface area contributed by atoms with Gasteiger partial charge < -0.3 is 19.4 Å². The van der Waals surface area contributed by atoms with E-state index < -0.39 is 24.2 Å². The molecule has 7 nitrogen and oxygen atoms in total. The van der Waals surface area contributed by atoms with Gasteiger partial charge in [-0.2, -0.15) is 0 Å². The molecule has 3 rings (SSSR count). The van der Waals surface area contributed by atoms with Gasteiger partial charge in [0, 0.05) is 30.1 Å². The van der Waals surface area contributed by atoms with Crippen molar-refractivity contribution in [2.24, 2.45) is 0 Å². The molecule has 7 heteroatoms. The lowest BCUT2D eigenvalue weighted by atomic mass is 9.92. The van der Waals surface area contributed by atoms with Crippen LogP contribution in [0.15, 0.2) is 42.5 Å². The van der Waals surface area contributed by atoms with Gasteiger partial charge in [-0.05, 0) is 41.8 Å². The number of ether oxygens (including phenoxy) is 2. The highest BCUT2D eigenvalue weighted by Gasteiger charge is 2.34. The summed E-state index contributed by atoms with van der Waals surface area (Å²) >= 11 is 0. The molecule has 0 saturated heterocycles. The van der Waals surface area contributed by atoms with Gasteiger partial charge in [0.05, 0.1) is 13.7 Å². The van der Waals surface area contributed by atoms with Crippen LogP contribution < -0.4 is 14.6 Å². The van der Waals surface area contributed by atoms with E-state index in [1.807, 2.05) is 0 Å². The molecule has 0 radical (unpaired) electrons. The first kappa shape index (κ1) is 22.1. The first-order valence-electron chi connectivity index (χ1n) is 10.1. The second-order valence-electron chi connectivity index (χ2n) is 7.10. The molecule has 0 bridgehead atoms. The summed E-state index contributed by atoms with van der Waals surface area (Å²) in [6.45, 7) is 2.41. The van der Waals surface area contributed by atoms with E-state index in [0.29, 0.717) is 40.4 Å². The molecule has 31 heavy (non-hydrogen) atoms. The molecule has 1 heterocycles. The molecule has 2 aromatic rings. The van der Waals surface area contributed by atoms with E-state index in [1.165, 1.54) is 0 Å². The van der Waals surface area contributed by atoms with Crippen molar-refractivity contribution in [3.8, 4) is 11.5 Å². The molecule has 162 valence electrons. The number of benzene rings is 2. The highest BCUT2D eigenvalue weighted by Crippen LogP contribution is 2.33. The molecule has 1 aliphatic heterocycles. The fourth-order valence-corrected chi connectivity index (χ4v) is 3.33. The zero-order valence-corrected chi connectivity index (χ0v) is 17.6. The summed E-state index contributed by atoms with van der Waals surface area (Å²) in [7, 11) is 1.54. The van der Waals surface area contributed by atoms with Gasteiger partial charge in [0.1, 0.15) is 0 Å². The Morgan fingerprint density at radius 1 is 1.06 bits per heavy atom. The Bertz CT molecular complexity index is 1030. The van der Waals surface area contributed by atoms with Gasteiger partial charge in [0.25, 0.3) is 11.8 Å². The van der Waals surface area contributed by atoms with Crippen LogP contribution in [0.4, 0.5) is 0 Å². The Hall–Kier alpha value is -3.61. The van der Waals surface area contributed by atoms with Gasteiger partial charge in [-0.25, -0.2) is 0 Å². The summed E-state index contributed by atoms with van der Waals surface area (Å²) in [6, 6.07) is 12.1.